The number of hydrogen-bond acceptors (Lipinski definition) is 3. The lowest BCUT2D eigenvalue weighted by molar-refractivity contribution is -0.134. The van der Waals surface area contributed by atoms with Gasteiger partial charge in [0.2, 0.25) is 0 Å². The zero-order valence-corrected chi connectivity index (χ0v) is 16.8. The summed E-state index contributed by atoms with van der Waals surface area (Å²) in [5.74, 6) is 0.109. The average molecular weight is 370 g/mol. The van der Waals surface area contributed by atoms with Gasteiger partial charge in [0.25, 0.3) is 5.91 Å². The van der Waals surface area contributed by atoms with E-state index in [0.717, 1.165) is 38.0 Å². The van der Waals surface area contributed by atoms with Crippen LogP contribution in [0.3, 0.4) is 0 Å². The molecule has 0 aliphatic carbocycles. The van der Waals surface area contributed by atoms with Crippen LogP contribution < -0.4 is 5.32 Å². The summed E-state index contributed by atoms with van der Waals surface area (Å²) in [6.45, 7) is 13.0. The van der Waals surface area contributed by atoms with E-state index in [0.29, 0.717) is 13.0 Å². The predicted octanol–water partition coefficient (Wildman–Crippen LogP) is 3.48. The molecule has 3 rings (SSSR count). The van der Waals surface area contributed by atoms with Crippen LogP contribution in [0.2, 0.25) is 0 Å². The van der Waals surface area contributed by atoms with Gasteiger partial charge >= 0.3 is 6.03 Å². The molecule has 0 bridgehead atoms. The Labute approximate surface area is 162 Å². The number of piperidine rings is 1. The molecular formula is C22H31N3O2. The molecule has 1 aromatic carbocycles. The third-order valence-electron chi connectivity index (χ3n) is 5.96. The average Bonchev–Trinajstić information content (AvgIpc) is 2.87. The maximum absolute atomic E-state index is 13.1. The van der Waals surface area contributed by atoms with Crippen LogP contribution in [-0.4, -0.2) is 46.9 Å². The first-order valence-electron chi connectivity index (χ1n) is 9.92. The molecule has 0 radical (unpaired) electrons. The maximum Gasteiger partial charge on any atom is 0.325 e. The van der Waals surface area contributed by atoms with Crippen molar-refractivity contribution in [1.29, 1.82) is 0 Å². The molecule has 2 aliphatic rings. The fourth-order valence-electron chi connectivity index (χ4n) is 4.52. The Morgan fingerprint density at radius 2 is 2.00 bits per heavy atom. The second kappa shape index (κ2) is 7.85. The summed E-state index contributed by atoms with van der Waals surface area (Å²) in [6.07, 6.45) is 2.48. The van der Waals surface area contributed by atoms with Gasteiger partial charge in [-0.25, -0.2) is 4.79 Å². The van der Waals surface area contributed by atoms with Gasteiger partial charge < -0.3 is 5.32 Å². The molecule has 0 spiro atoms. The molecule has 0 aromatic heterocycles. The van der Waals surface area contributed by atoms with Gasteiger partial charge in [0, 0.05) is 6.54 Å². The van der Waals surface area contributed by atoms with E-state index in [9.17, 15) is 9.59 Å². The summed E-state index contributed by atoms with van der Waals surface area (Å²) in [7, 11) is 0. The van der Waals surface area contributed by atoms with E-state index < -0.39 is 5.54 Å². The van der Waals surface area contributed by atoms with Crippen molar-refractivity contribution < 1.29 is 9.59 Å². The van der Waals surface area contributed by atoms with Crippen LogP contribution in [0.5, 0.6) is 0 Å². The summed E-state index contributed by atoms with van der Waals surface area (Å²) in [5.41, 5.74) is 2.68. The highest BCUT2D eigenvalue weighted by Gasteiger charge is 2.54. The van der Waals surface area contributed by atoms with E-state index in [-0.39, 0.29) is 17.9 Å². The summed E-state index contributed by atoms with van der Waals surface area (Å²) >= 11 is 0. The SMILES string of the molecule is C=C(C)CN1C(=O)N[C@](CC)(C2CCN(Cc3cccc(C)c3)CC2)C1=O. The van der Waals surface area contributed by atoms with E-state index in [1.165, 1.54) is 16.0 Å². The van der Waals surface area contributed by atoms with Crippen LogP contribution in [0.15, 0.2) is 36.4 Å². The number of urea groups is 1. The normalized spacial score (nSPS) is 24.3. The third-order valence-corrected chi connectivity index (χ3v) is 5.96. The topological polar surface area (TPSA) is 52.7 Å². The van der Waals surface area contributed by atoms with Gasteiger partial charge in [0.05, 0.1) is 6.54 Å². The van der Waals surface area contributed by atoms with Gasteiger partial charge in [-0.2, -0.15) is 0 Å². The highest BCUT2D eigenvalue weighted by Crippen LogP contribution is 2.36. The second-order valence-electron chi connectivity index (χ2n) is 8.14. The lowest BCUT2D eigenvalue weighted by atomic mass is 9.75. The fourth-order valence-corrected chi connectivity index (χ4v) is 4.52. The number of carbonyl (C=O) groups is 2. The number of nitrogens with zero attached hydrogens (tertiary/aromatic N) is 2. The molecule has 1 aromatic rings. The number of hydrogen-bond donors (Lipinski definition) is 1. The molecule has 0 saturated carbocycles. The molecule has 27 heavy (non-hydrogen) atoms. The molecule has 5 heteroatoms. The fraction of sp³-hybridized carbons (Fsp3) is 0.545. The van der Waals surface area contributed by atoms with Crippen LogP contribution in [0, 0.1) is 12.8 Å². The van der Waals surface area contributed by atoms with Gasteiger partial charge in [0.1, 0.15) is 5.54 Å². The molecule has 1 N–H and O–H groups in total. The maximum atomic E-state index is 13.1. The molecule has 1 atom stereocenters. The van der Waals surface area contributed by atoms with E-state index in [2.05, 4.69) is 48.0 Å². The number of carbonyl (C=O) groups excluding carboxylic acids is 2. The molecular weight excluding hydrogens is 338 g/mol. The Bertz CT molecular complexity index is 737. The molecule has 2 saturated heterocycles. The van der Waals surface area contributed by atoms with Gasteiger partial charge in [-0.15, -0.1) is 0 Å². The van der Waals surface area contributed by atoms with Crippen LogP contribution in [0.25, 0.3) is 0 Å². The van der Waals surface area contributed by atoms with Crippen molar-refractivity contribution in [2.45, 2.75) is 52.1 Å². The van der Waals surface area contributed by atoms with E-state index in [4.69, 9.17) is 0 Å². The van der Waals surface area contributed by atoms with Crippen molar-refractivity contribution in [3.05, 3.63) is 47.5 Å². The molecule has 2 aliphatic heterocycles. The number of aryl methyl sites for hydroxylation is 1. The first kappa shape index (κ1) is 19.6. The number of benzene rings is 1. The minimum absolute atomic E-state index is 0.0739. The van der Waals surface area contributed by atoms with Crippen molar-refractivity contribution >= 4 is 11.9 Å². The number of amides is 3. The minimum atomic E-state index is -0.748. The number of likely N-dealkylation sites (tertiary alicyclic amines) is 1. The lowest BCUT2D eigenvalue weighted by Gasteiger charge is -2.40. The second-order valence-corrected chi connectivity index (χ2v) is 8.14. The Kier molecular flexibility index (Phi) is 5.70. The van der Waals surface area contributed by atoms with Crippen molar-refractivity contribution in [3.8, 4) is 0 Å². The highest BCUT2D eigenvalue weighted by atomic mass is 16.2. The Morgan fingerprint density at radius 1 is 1.30 bits per heavy atom. The van der Waals surface area contributed by atoms with Gasteiger partial charge in [-0.05, 0) is 57.7 Å². The number of rotatable bonds is 6. The Balaban J connectivity index is 1.66. The standard InChI is InChI=1S/C22H31N3O2/c1-5-22(20(26)25(14-16(2)3)21(27)23-22)19-9-11-24(12-10-19)15-18-8-6-7-17(4)13-18/h6-8,13,19H,2,5,9-12,14-15H2,1,3-4H3,(H,23,27)/t22-/m1/s1. The molecule has 5 nitrogen and oxygen atoms in total. The molecule has 146 valence electrons. The van der Waals surface area contributed by atoms with Crippen LogP contribution >= 0.6 is 0 Å². The van der Waals surface area contributed by atoms with Crippen LogP contribution in [0.1, 0.15) is 44.2 Å². The van der Waals surface area contributed by atoms with Crippen LogP contribution in [0.4, 0.5) is 4.79 Å². The Hall–Kier alpha value is -2.14. The summed E-state index contributed by atoms with van der Waals surface area (Å²) < 4.78 is 0. The molecule has 0 unspecified atom stereocenters. The lowest BCUT2D eigenvalue weighted by Crippen LogP contribution is -2.55. The highest BCUT2D eigenvalue weighted by molar-refractivity contribution is 6.07. The smallest absolute Gasteiger partial charge is 0.323 e. The number of imide groups is 1. The largest absolute Gasteiger partial charge is 0.325 e. The monoisotopic (exact) mass is 369 g/mol. The summed E-state index contributed by atoms with van der Waals surface area (Å²) in [5, 5.41) is 3.04. The van der Waals surface area contributed by atoms with E-state index in [1.807, 2.05) is 13.8 Å². The molecule has 2 fully saturated rings. The zero-order valence-electron chi connectivity index (χ0n) is 16.8. The van der Waals surface area contributed by atoms with Crippen molar-refractivity contribution in [3.63, 3.8) is 0 Å². The van der Waals surface area contributed by atoms with E-state index in [1.54, 1.807) is 0 Å². The van der Waals surface area contributed by atoms with Crippen molar-refractivity contribution in [2.75, 3.05) is 19.6 Å². The minimum Gasteiger partial charge on any atom is -0.323 e. The first-order chi connectivity index (χ1) is 12.9. The molecule has 2 heterocycles. The molecule has 3 amide bonds. The van der Waals surface area contributed by atoms with E-state index >= 15 is 0 Å². The zero-order chi connectivity index (χ0) is 19.6. The predicted molar refractivity (Wildman–Crippen MR) is 107 cm³/mol. The first-order valence-corrected chi connectivity index (χ1v) is 9.92. The van der Waals surface area contributed by atoms with Crippen LogP contribution in [-0.2, 0) is 11.3 Å². The van der Waals surface area contributed by atoms with Gasteiger partial charge in [0.15, 0.2) is 0 Å². The third kappa shape index (κ3) is 3.93. The van der Waals surface area contributed by atoms with Gasteiger partial charge in [-0.1, -0.05) is 48.9 Å². The summed E-state index contributed by atoms with van der Waals surface area (Å²) in [4.78, 5) is 29.3. The Morgan fingerprint density at radius 3 is 2.59 bits per heavy atom. The number of nitrogens with one attached hydrogen (secondary N) is 1. The quantitative estimate of drug-likeness (QED) is 0.617. The van der Waals surface area contributed by atoms with Gasteiger partial charge in [-0.3, -0.25) is 14.6 Å². The van der Waals surface area contributed by atoms with Crippen molar-refractivity contribution in [1.82, 2.24) is 15.1 Å². The van der Waals surface area contributed by atoms with Crippen molar-refractivity contribution in [2.24, 2.45) is 5.92 Å². The summed E-state index contributed by atoms with van der Waals surface area (Å²) in [6, 6.07) is 8.35.